The van der Waals surface area contributed by atoms with Crippen molar-refractivity contribution in [2.75, 3.05) is 43.2 Å². The first-order valence-electron chi connectivity index (χ1n) is 13.9. The number of pyridine rings is 1. The third-order valence-corrected chi connectivity index (χ3v) is 9.07. The van der Waals surface area contributed by atoms with Crippen molar-refractivity contribution in [2.24, 2.45) is 0 Å². The Labute approximate surface area is 270 Å². The summed E-state index contributed by atoms with van der Waals surface area (Å²) in [5.41, 5.74) is 12.8. The zero-order valence-corrected chi connectivity index (χ0v) is 25.8. The second-order valence-corrected chi connectivity index (χ2v) is 11.6. The average Bonchev–Trinajstić information content (AvgIpc) is 3.28. The number of aromatic nitrogens is 3. The number of amides is 1. The number of hydrogen-bond donors (Lipinski definition) is 3. The van der Waals surface area contributed by atoms with Crippen molar-refractivity contribution in [3.05, 3.63) is 70.9 Å². The summed E-state index contributed by atoms with van der Waals surface area (Å²) >= 11 is 7.85. The lowest BCUT2D eigenvalue weighted by molar-refractivity contribution is -0.116. The van der Waals surface area contributed by atoms with Crippen LogP contribution in [0.5, 0.6) is 11.8 Å². The van der Waals surface area contributed by atoms with Crippen LogP contribution in [0.15, 0.2) is 43.1 Å². The highest BCUT2D eigenvalue weighted by Gasteiger charge is 2.34. The van der Waals surface area contributed by atoms with E-state index in [0.717, 1.165) is 17.4 Å². The number of hydrogen-bond acceptors (Lipinski definition) is 11. The average molecular weight is 663 g/mol. The molecule has 0 saturated carbocycles. The van der Waals surface area contributed by atoms with Gasteiger partial charge in [-0.2, -0.15) is 15.2 Å². The van der Waals surface area contributed by atoms with Crippen LogP contribution >= 0.6 is 22.9 Å². The van der Waals surface area contributed by atoms with Gasteiger partial charge in [-0.1, -0.05) is 30.3 Å². The third-order valence-electron chi connectivity index (χ3n) is 7.68. The molecular formula is C31H25ClF2N8O3S. The molecule has 0 spiro atoms. The Morgan fingerprint density at radius 3 is 2.85 bits per heavy atom. The number of nitrogens with zero attached hydrogens (tertiary/aromatic N) is 5. The van der Waals surface area contributed by atoms with Gasteiger partial charge in [0.2, 0.25) is 5.91 Å². The Hall–Kier alpha value is -5.26. The lowest BCUT2D eigenvalue weighted by atomic mass is 9.96. The number of nitrogens with two attached hydrogens (primary N) is 2. The highest BCUT2D eigenvalue weighted by Crippen LogP contribution is 2.51. The fourth-order valence-corrected chi connectivity index (χ4v) is 6.95. The van der Waals surface area contributed by atoms with Crippen molar-refractivity contribution in [3.63, 3.8) is 0 Å². The van der Waals surface area contributed by atoms with Gasteiger partial charge >= 0.3 is 6.01 Å². The van der Waals surface area contributed by atoms with Crippen molar-refractivity contribution in [1.29, 1.82) is 5.26 Å². The van der Waals surface area contributed by atoms with E-state index in [4.69, 9.17) is 32.5 Å². The van der Waals surface area contributed by atoms with Gasteiger partial charge in [-0.05, 0) is 30.2 Å². The topological polar surface area (TPSA) is 165 Å². The number of ether oxygens (including phenoxy) is 2. The van der Waals surface area contributed by atoms with E-state index in [1.807, 2.05) is 11.0 Å². The highest BCUT2D eigenvalue weighted by atomic mass is 35.5. The number of carbonyl (C=O) groups excluding carboxylic acids is 1. The molecule has 0 bridgehead atoms. The monoisotopic (exact) mass is 662 g/mol. The summed E-state index contributed by atoms with van der Waals surface area (Å²) in [6.07, 6.45) is 3.07. The molecule has 15 heteroatoms. The van der Waals surface area contributed by atoms with Crippen LogP contribution in [0.1, 0.15) is 23.6 Å². The van der Waals surface area contributed by atoms with E-state index < -0.39 is 17.7 Å². The van der Waals surface area contributed by atoms with Crippen LogP contribution < -0.4 is 31.2 Å². The lowest BCUT2D eigenvalue weighted by Gasteiger charge is -2.33. The second kappa shape index (κ2) is 12.3. The molecule has 1 unspecified atom stereocenters. The number of anilines is 3. The molecule has 3 aromatic heterocycles. The van der Waals surface area contributed by atoms with E-state index in [1.54, 1.807) is 18.3 Å². The molecule has 1 aliphatic heterocycles. The van der Waals surface area contributed by atoms with Gasteiger partial charge in [-0.3, -0.25) is 4.79 Å². The van der Waals surface area contributed by atoms with Gasteiger partial charge in [0.05, 0.1) is 40.4 Å². The minimum Gasteiger partial charge on any atom is -0.489 e. The molecule has 5 N–H and O–H groups in total. The first kappa shape index (κ1) is 30.8. The van der Waals surface area contributed by atoms with Crippen molar-refractivity contribution >= 4 is 66.5 Å². The van der Waals surface area contributed by atoms with Crippen LogP contribution in [0.4, 0.5) is 25.4 Å². The molecule has 234 valence electrons. The molecular weight excluding hydrogens is 638 g/mol. The number of nitrogens with one attached hydrogen (secondary N) is 1. The number of nitriles is 1. The van der Waals surface area contributed by atoms with E-state index in [0.29, 0.717) is 12.0 Å². The molecule has 4 heterocycles. The number of benzene rings is 2. The van der Waals surface area contributed by atoms with Gasteiger partial charge in [0.1, 0.15) is 40.6 Å². The maximum absolute atomic E-state index is 16.9. The normalized spacial score (nSPS) is 13.2. The Morgan fingerprint density at radius 2 is 2.13 bits per heavy atom. The molecule has 46 heavy (non-hydrogen) atoms. The molecule has 1 atom stereocenters. The number of rotatable bonds is 8. The number of nitrogen functional groups attached to an aromatic ring is 2. The molecule has 1 amide bonds. The molecule has 0 aliphatic carbocycles. The van der Waals surface area contributed by atoms with Crippen LogP contribution in [-0.4, -0.2) is 47.7 Å². The molecule has 5 aromatic rings. The molecule has 1 aliphatic rings. The smallest absolute Gasteiger partial charge is 0.318 e. The molecule has 0 radical (unpaired) electrons. The maximum Gasteiger partial charge on any atom is 0.318 e. The molecule has 0 fully saturated rings. The van der Waals surface area contributed by atoms with Crippen molar-refractivity contribution in [1.82, 2.24) is 20.3 Å². The number of fused-ring (bicyclic) bond motifs is 1. The minimum absolute atomic E-state index is 0.00410. The summed E-state index contributed by atoms with van der Waals surface area (Å²) in [5.74, 6) is -1.24. The fourth-order valence-electron chi connectivity index (χ4n) is 5.67. The second-order valence-electron chi connectivity index (χ2n) is 10.2. The predicted molar refractivity (Wildman–Crippen MR) is 173 cm³/mol. The van der Waals surface area contributed by atoms with Gasteiger partial charge < -0.3 is 31.2 Å². The summed E-state index contributed by atoms with van der Waals surface area (Å²) in [6.45, 7) is 4.03. The van der Waals surface area contributed by atoms with E-state index in [2.05, 4.69) is 26.8 Å². The minimum atomic E-state index is -0.867. The summed E-state index contributed by atoms with van der Waals surface area (Å²) in [5, 5.41) is 12.9. The number of carbonyl (C=O) groups is 1. The number of halogens is 3. The predicted octanol–water partition coefficient (Wildman–Crippen LogP) is 5.52. The first-order valence-corrected chi connectivity index (χ1v) is 15.1. The van der Waals surface area contributed by atoms with Gasteiger partial charge in [-0.15, -0.1) is 11.3 Å². The van der Waals surface area contributed by atoms with E-state index >= 15 is 4.39 Å². The summed E-state index contributed by atoms with van der Waals surface area (Å²) in [4.78, 5) is 27.0. The van der Waals surface area contributed by atoms with Crippen LogP contribution in [0, 0.1) is 23.0 Å². The standard InChI is InChI=1S/C31H25ClF2N8O3S/c1-3-19(43)38-10-8-18(14-5-4-9-39-28(14)36)42-11-12-45-26-22-25(40-31(44-2)41-30(22)42)24(34)21(23(26)32)15-6-7-17(33)27-20(15)16(13-35)29(37)46-27/h3-7,9,18H,1,8,10-12,37H2,2H3,(H2,36,39)(H,38,43). The summed E-state index contributed by atoms with van der Waals surface area (Å²) in [6, 6.07) is 7.37. The van der Waals surface area contributed by atoms with Crippen molar-refractivity contribution in [2.45, 2.75) is 12.5 Å². The molecule has 2 aromatic carbocycles. The third kappa shape index (κ3) is 5.03. The van der Waals surface area contributed by atoms with Crippen LogP contribution in [0.3, 0.4) is 0 Å². The summed E-state index contributed by atoms with van der Waals surface area (Å²) < 4.78 is 43.5. The van der Waals surface area contributed by atoms with Crippen LogP contribution in [0.2, 0.25) is 5.02 Å². The van der Waals surface area contributed by atoms with Crippen molar-refractivity contribution < 1.29 is 23.0 Å². The Bertz CT molecular complexity index is 2100. The Kier molecular flexibility index (Phi) is 8.20. The van der Waals surface area contributed by atoms with Gasteiger partial charge in [0.15, 0.2) is 11.6 Å². The quantitative estimate of drug-likeness (QED) is 0.180. The lowest BCUT2D eigenvalue weighted by Crippen LogP contribution is -2.35. The first-order chi connectivity index (χ1) is 22.2. The van der Waals surface area contributed by atoms with Gasteiger partial charge in [0.25, 0.3) is 0 Å². The fraction of sp³-hybridized carbons (Fsp3) is 0.194. The molecule has 11 nitrogen and oxygen atoms in total. The van der Waals surface area contributed by atoms with Crippen molar-refractivity contribution in [3.8, 4) is 29.0 Å². The molecule has 6 rings (SSSR count). The maximum atomic E-state index is 16.9. The van der Waals surface area contributed by atoms with Crippen LogP contribution in [0.25, 0.3) is 32.1 Å². The van der Waals surface area contributed by atoms with Crippen LogP contribution in [-0.2, 0) is 4.79 Å². The number of methoxy groups -OCH3 is 1. The Morgan fingerprint density at radius 1 is 1.33 bits per heavy atom. The Balaban J connectivity index is 1.62. The number of thiophene rings is 1. The molecule has 0 saturated heterocycles. The summed E-state index contributed by atoms with van der Waals surface area (Å²) in [7, 11) is 1.35. The zero-order chi connectivity index (χ0) is 32.7. The van der Waals surface area contributed by atoms with Gasteiger partial charge in [0, 0.05) is 29.3 Å². The van der Waals surface area contributed by atoms with E-state index in [-0.39, 0.29) is 96.7 Å². The zero-order valence-electron chi connectivity index (χ0n) is 24.2. The SMILES string of the molecule is C=CC(=O)NCCC(c1cccnc1N)N1CCOc2c(Cl)c(-c3ccc(F)c4sc(N)c(C#N)c34)c(F)c3nc(OC)nc1c23. The van der Waals surface area contributed by atoms with Gasteiger partial charge in [-0.25, -0.2) is 13.8 Å². The van der Waals surface area contributed by atoms with E-state index in [9.17, 15) is 14.4 Å². The largest absolute Gasteiger partial charge is 0.489 e. The van der Waals surface area contributed by atoms with E-state index in [1.165, 1.54) is 19.3 Å². The highest BCUT2D eigenvalue weighted by molar-refractivity contribution is 7.23.